The standard InChI is InChI=1S/C75H136O17P2/c1-5-9-13-17-21-25-29-31-33-34-36-37-41-44-48-52-56-60-73(78)86-66-71(92-75(80)62-58-54-50-46-42-38-35-32-30-26-22-18-14-10-6-2)68-90-94(83,84)88-64-69(76)63-87-93(81,82)89-67-70(91-74(79)61-57-53-49-45-40-28-24-20-16-12-8-4)65-85-72(77)59-55-51-47-43-39-27-23-19-15-11-7-3/h9,13,19,21,23,25,31-33,35,69-71,76H,5-8,10-12,14-18,20,22,24,26-30,34,36-68H2,1-4H3,(H,81,82)(H,83,84)/b13-9-,23-19-,25-21-,33-31-,35-32-. The lowest BCUT2D eigenvalue weighted by atomic mass is 10.1. The molecule has 0 radical (unpaired) electrons. The van der Waals surface area contributed by atoms with E-state index in [9.17, 15) is 43.2 Å². The number of carbonyl (C=O) groups is 4. The van der Waals surface area contributed by atoms with E-state index in [0.29, 0.717) is 25.7 Å². The number of unbranched alkanes of at least 4 members (excludes halogenated alkanes) is 35. The summed E-state index contributed by atoms with van der Waals surface area (Å²) in [5, 5.41) is 10.6. The topological polar surface area (TPSA) is 237 Å². The smallest absolute Gasteiger partial charge is 0.462 e. The molecule has 94 heavy (non-hydrogen) atoms. The fraction of sp³-hybridized carbons (Fsp3) is 0.813. The molecule has 0 fully saturated rings. The molecule has 5 atom stereocenters. The highest BCUT2D eigenvalue weighted by atomic mass is 31.2. The summed E-state index contributed by atoms with van der Waals surface area (Å²) in [5.74, 6) is -2.18. The highest BCUT2D eigenvalue weighted by molar-refractivity contribution is 7.47. The van der Waals surface area contributed by atoms with Crippen molar-refractivity contribution in [1.82, 2.24) is 0 Å². The second kappa shape index (κ2) is 68.3. The van der Waals surface area contributed by atoms with Gasteiger partial charge in [0, 0.05) is 25.7 Å². The van der Waals surface area contributed by atoms with Crippen molar-refractivity contribution in [3.8, 4) is 0 Å². The summed E-state index contributed by atoms with van der Waals surface area (Å²) in [7, 11) is -9.93. The fourth-order valence-electron chi connectivity index (χ4n) is 10.2. The minimum atomic E-state index is -4.97. The number of aliphatic hydroxyl groups is 1. The van der Waals surface area contributed by atoms with Crippen LogP contribution < -0.4 is 0 Å². The van der Waals surface area contributed by atoms with Gasteiger partial charge in [0.05, 0.1) is 26.4 Å². The molecule has 0 saturated heterocycles. The average Bonchev–Trinajstić information content (AvgIpc) is 1.29. The van der Waals surface area contributed by atoms with Crippen molar-refractivity contribution < 1.29 is 80.2 Å². The fourth-order valence-corrected chi connectivity index (χ4v) is 11.8. The summed E-state index contributed by atoms with van der Waals surface area (Å²) < 4.78 is 68.3. The van der Waals surface area contributed by atoms with E-state index < -0.39 is 97.5 Å². The van der Waals surface area contributed by atoms with Gasteiger partial charge in [-0.15, -0.1) is 0 Å². The Labute approximate surface area is 571 Å². The quantitative estimate of drug-likeness (QED) is 0.0169. The van der Waals surface area contributed by atoms with E-state index in [-0.39, 0.29) is 25.7 Å². The first kappa shape index (κ1) is 90.8. The van der Waals surface area contributed by atoms with Gasteiger partial charge in [0.15, 0.2) is 12.2 Å². The molecule has 0 heterocycles. The van der Waals surface area contributed by atoms with Crippen molar-refractivity contribution in [3.63, 3.8) is 0 Å². The van der Waals surface area contributed by atoms with Gasteiger partial charge in [0.1, 0.15) is 19.3 Å². The first-order valence-electron chi connectivity index (χ1n) is 37.5. The zero-order valence-corrected chi connectivity index (χ0v) is 61.4. The lowest BCUT2D eigenvalue weighted by Crippen LogP contribution is -2.30. The Morgan fingerprint density at radius 2 is 0.564 bits per heavy atom. The molecule has 0 aliphatic carbocycles. The Hall–Kier alpha value is -3.24. The SMILES string of the molecule is CC/C=C\C/C=C\C/C=C\CCCCCCCCCC(=O)OCC(COP(=O)(O)OCC(O)COP(=O)(O)OCC(COC(=O)CCCCCCC/C=C\CCCC)OC(=O)CCCCCCCCCCCCC)OC(=O)CCCCCCC/C=C\CCCCCCCC. The number of aliphatic hydroxyl groups excluding tert-OH is 1. The van der Waals surface area contributed by atoms with Crippen LogP contribution in [0.25, 0.3) is 0 Å². The zero-order chi connectivity index (χ0) is 69.0. The molecule has 0 aliphatic heterocycles. The van der Waals surface area contributed by atoms with Gasteiger partial charge >= 0.3 is 39.5 Å². The molecule has 0 aromatic heterocycles. The number of carbonyl (C=O) groups excluding carboxylic acids is 4. The maximum atomic E-state index is 13.1. The Morgan fingerprint density at radius 3 is 0.894 bits per heavy atom. The van der Waals surface area contributed by atoms with Gasteiger partial charge in [-0.1, -0.05) is 268 Å². The van der Waals surface area contributed by atoms with Crippen LogP contribution in [0.15, 0.2) is 60.8 Å². The van der Waals surface area contributed by atoms with Crippen LogP contribution in [0.1, 0.15) is 336 Å². The van der Waals surface area contributed by atoms with E-state index in [0.717, 1.165) is 167 Å². The van der Waals surface area contributed by atoms with Crippen LogP contribution in [0.2, 0.25) is 0 Å². The van der Waals surface area contributed by atoms with Gasteiger partial charge in [-0.05, 0) is 103 Å². The maximum absolute atomic E-state index is 13.1. The van der Waals surface area contributed by atoms with Crippen LogP contribution in [-0.2, 0) is 65.4 Å². The van der Waals surface area contributed by atoms with Crippen LogP contribution in [0.3, 0.4) is 0 Å². The van der Waals surface area contributed by atoms with Crippen LogP contribution >= 0.6 is 15.6 Å². The van der Waals surface area contributed by atoms with E-state index in [1.54, 1.807) is 0 Å². The molecule has 548 valence electrons. The minimum Gasteiger partial charge on any atom is -0.462 e. The van der Waals surface area contributed by atoms with Crippen molar-refractivity contribution in [2.45, 2.75) is 354 Å². The van der Waals surface area contributed by atoms with Crippen LogP contribution in [0.5, 0.6) is 0 Å². The first-order chi connectivity index (χ1) is 45.7. The number of allylic oxidation sites excluding steroid dienone is 10. The maximum Gasteiger partial charge on any atom is 0.472 e. The lowest BCUT2D eigenvalue weighted by molar-refractivity contribution is -0.161. The van der Waals surface area contributed by atoms with E-state index in [4.69, 9.17) is 37.0 Å². The Bertz CT molecular complexity index is 2030. The Kier molecular flexibility index (Phi) is 65.9. The van der Waals surface area contributed by atoms with E-state index in [1.165, 1.54) is 89.9 Å². The number of phosphoric ester groups is 2. The van der Waals surface area contributed by atoms with Crippen LogP contribution in [-0.4, -0.2) is 96.7 Å². The molecule has 0 saturated carbocycles. The largest absolute Gasteiger partial charge is 0.472 e. The second-order valence-corrected chi connectivity index (χ2v) is 28.1. The summed E-state index contributed by atoms with van der Waals surface area (Å²) in [6.45, 7) is 4.72. The minimum absolute atomic E-state index is 0.0864. The molecule has 0 aliphatic rings. The van der Waals surface area contributed by atoms with Gasteiger partial charge in [-0.2, -0.15) is 0 Å². The summed E-state index contributed by atoms with van der Waals surface area (Å²) in [5.41, 5.74) is 0. The van der Waals surface area contributed by atoms with Gasteiger partial charge in [-0.3, -0.25) is 37.3 Å². The molecule has 3 N–H and O–H groups in total. The van der Waals surface area contributed by atoms with Gasteiger partial charge in [-0.25, -0.2) is 9.13 Å². The lowest BCUT2D eigenvalue weighted by Gasteiger charge is -2.21. The summed E-state index contributed by atoms with van der Waals surface area (Å²) in [6.07, 6.45) is 65.1. The molecule has 0 bridgehead atoms. The van der Waals surface area contributed by atoms with E-state index in [1.807, 2.05) is 0 Å². The number of ether oxygens (including phenoxy) is 4. The van der Waals surface area contributed by atoms with Crippen molar-refractivity contribution in [1.29, 1.82) is 0 Å². The normalized spacial score (nSPS) is 14.3. The zero-order valence-electron chi connectivity index (χ0n) is 59.6. The molecule has 5 unspecified atom stereocenters. The number of esters is 4. The van der Waals surface area contributed by atoms with Gasteiger partial charge in [0.25, 0.3) is 0 Å². The molecular weight excluding hydrogens is 1230 g/mol. The van der Waals surface area contributed by atoms with Crippen molar-refractivity contribution in [3.05, 3.63) is 60.8 Å². The number of hydrogen-bond acceptors (Lipinski definition) is 15. The molecule has 0 rings (SSSR count). The monoisotopic (exact) mass is 1370 g/mol. The molecule has 0 spiro atoms. The van der Waals surface area contributed by atoms with Crippen LogP contribution in [0.4, 0.5) is 0 Å². The summed E-state index contributed by atoms with van der Waals surface area (Å²) in [4.78, 5) is 72.7. The number of phosphoric acid groups is 2. The van der Waals surface area contributed by atoms with E-state index in [2.05, 4.69) is 88.5 Å². The first-order valence-corrected chi connectivity index (χ1v) is 40.5. The second-order valence-electron chi connectivity index (χ2n) is 25.2. The number of rotatable bonds is 71. The van der Waals surface area contributed by atoms with Gasteiger partial charge < -0.3 is 33.8 Å². The highest BCUT2D eigenvalue weighted by Gasteiger charge is 2.30. The van der Waals surface area contributed by atoms with Crippen LogP contribution in [0, 0.1) is 0 Å². The van der Waals surface area contributed by atoms with Crippen molar-refractivity contribution >= 4 is 39.5 Å². The number of hydrogen-bond donors (Lipinski definition) is 3. The third kappa shape index (κ3) is 67.3. The third-order valence-electron chi connectivity index (χ3n) is 16.0. The summed E-state index contributed by atoms with van der Waals surface area (Å²) in [6, 6.07) is 0. The average molecular weight is 1370 g/mol. The molecule has 0 aromatic carbocycles. The van der Waals surface area contributed by atoms with Crippen molar-refractivity contribution in [2.75, 3.05) is 39.6 Å². The van der Waals surface area contributed by atoms with Gasteiger partial charge in [0.2, 0.25) is 0 Å². The Balaban J connectivity index is 5.30. The molecule has 0 amide bonds. The van der Waals surface area contributed by atoms with Crippen molar-refractivity contribution in [2.24, 2.45) is 0 Å². The predicted molar refractivity (Wildman–Crippen MR) is 381 cm³/mol. The third-order valence-corrected chi connectivity index (χ3v) is 17.9. The molecular formula is C75H136O17P2. The molecule has 17 nitrogen and oxygen atoms in total. The van der Waals surface area contributed by atoms with E-state index >= 15 is 0 Å². The molecule has 0 aromatic rings. The highest BCUT2D eigenvalue weighted by Crippen LogP contribution is 2.45. The Morgan fingerprint density at radius 1 is 0.309 bits per heavy atom. The predicted octanol–water partition coefficient (Wildman–Crippen LogP) is 21.1. The molecule has 19 heteroatoms. The summed E-state index contributed by atoms with van der Waals surface area (Å²) >= 11 is 0.